The third-order valence-corrected chi connectivity index (χ3v) is 4.37. The number of hydrogen-bond acceptors (Lipinski definition) is 7. The molecule has 9 heteroatoms. The average Bonchev–Trinajstić information content (AvgIpc) is 3.25. The molecule has 3 rings (SSSR count). The highest BCUT2D eigenvalue weighted by Gasteiger charge is 2.17. The van der Waals surface area contributed by atoms with Crippen LogP contribution in [0.25, 0.3) is 11.4 Å². The van der Waals surface area contributed by atoms with E-state index in [0.29, 0.717) is 16.4 Å². The lowest BCUT2D eigenvalue weighted by Gasteiger charge is -2.05. The van der Waals surface area contributed by atoms with Crippen LogP contribution in [0.1, 0.15) is 22.8 Å². The SMILES string of the molecule is CCOC(=O)c1ccsc1NC(=O)Cn1nnc(-c2ccccc2C)n1. The minimum absolute atomic E-state index is 0.112. The Morgan fingerprint density at radius 1 is 1.27 bits per heavy atom. The van der Waals surface area contributed by atoms with E-state index in [1.807, 2.05) is 31.2 Å². The molecular formula is C17H17N5O3S. The van der Waals surface area contributed by atoms with E-state index in [0.717, 1.165) is 11.1 Å². The van der Waals surface area contributed by atoms with Crippen LogP contribution in [-0.2, 0) is 16.1 Å². The number of carbonyl (C=O) groups is 2. The number of aryl methyl sites for hydroxylation is 1. The zero-order chi connectivity index (χ0) is 18.5. The Morgan fingerprint density at radius 3 is 2.85 bits per heavy atom. The Kier molecular flexibility index (Phi) is 5.37. The van der Waals surface area contributed by atoms with Crippen molar-refractivity contribution in [1.29, 1.82) is 0 Å². The second-order valence-corrected chi connectivity index (χ2v) is 6.31. The van der Waals surface area contributed by atoms with Crippen LogP contribution in [0.15, 0.2) is 35.7 Å². The highest BCUT2D eigenvalue weighted by atomic mass is 32.1. The van der Waals surface area contributed by atoms with Crippen LogP contribution in [-0.4, -0.2) is 38.7 Å². The number of amides is 1. The molecule has 0 radical (unpaired) electrons. The third kappa shape index (κ3) is 3.94. The lowest BCUT2D eigenvalue weighted by Crippen LogP contribution is -2.21. The molecular weight excluding hydrogens is 354 g/mol. The molecule has 0 atom stereocenters. The molecule has 0 aliphatic heterocycles. The lowest BCUT2D eigenvalue weighted by atomic mass is 10.1. The van der Waals surface area contributed by atoms with Gasteiger partial charge in [0.1, 0.15) is 11.5 Å². The number of esters is 1. The van der Waals surface area contributed by atoms with Gasteiger partial charge in [-0.05, 0) is 36.1 Å². The maximum Gasteiger partial charge on any atom is 0.341 e. The van der Waals surface area contributed by atoms with Crippen molar-refractivity contribution in [2.45, 2.75) is 20.4 Å². The minimum atomic E-state index is -0.468. The van der Waals surface area contributed by atoms with Gasteiger partial charge in [-0.25, -0.2) is 4.79 Å². The normalized spacial score (nSPS) is 10.5. The highest BCUT2D eigenvalue weighted by Crippen LogP contribution is 2.24. The van der Waals surface area contributed by atoms with E-state index in [1.54, 1.807) is 18.4 Å². The predicted octanol–water partition coefficient (Wildman–Crippen LogP) is 2.53. The van der Waals surface area contributed by atoms with Crippen molar-refractivity contribution >= 4 is 28.2 Å². The first kappa shape index (κ1) is 17.7. The molecule has 1 aromatic carbocycles. The van der Waals surface area contributed by atoms with Gasteiger partial charge in [-0.1, -0.05) is 24.3 Å². The van der Waals surface area contributed by atoms with Crippen molar-refractivity contribution in [2.75, 3.05) is 11.9 Å². The summed E-state index contributed by atoms with van der Waals surface area (Å²) in [4.78, 5) is 25.3. The Labute approximate surface area is 153 Å². The fourth-order valence-electron chi connectivity index (χ4n) is 2.31. The number of nitrogens with one attached hydrogen (secondary N) is 1. The quantitative estimate of drug-likeness (QED) is 0.669. The van der Waals surface area contributed by atoms with E-state index in [2.05, 4.69) is 20.7 Å². The van der Waals surface area contributed by atoms with E-state index in [9.17, 15) is 9.59 Å². The van der Waals surface area contributed by atoms with Crippen molar-refractivity contribution in [3.8, 4) is 11.4 Å². The molecule has 0 aliphatic carbocycles. The van der Waals surface area contributed by atoms with Gasteiger partial charge in [-0.2, -0.15) is 4.80 Å². The number of benzene rings is 1. The van der Waals surface area contributed by atoms with E-state index in [1.165, 1.54) is 16.1 Å². The second kappa shape index (κ2) is 7.87. The van der Waals surface area contributed by atoms with E-state index in [-0.39, 0.29) is 19.1 Å². The molecule has 26 heavy (non-hydrogen) atoms. The largest absolute Gasteiger partial charge is 0.462 e. The number of tetrazole rings is 1. The number of anilines is 1. The van der Waals surface area contributed by atoms with E-state index >= 15 is 0 Å². The van der Waals surface area contributed by atoms with Crippen molar-refractivity contribution in [1.82, 2.24) is 20.2 Å². The summed E-state index contributed by atoms with van der Waals surface area (Å²) >= 11 is 1.25. The fourth-order valence-corrected chi connectivity index (χ4v) is 3.10. The Morgan fingerprint density at radius 2 is 2.08 bits per heavy atom. The zero-order valence-corrected chi connectivity index (χ0v) is 15.1. The minimum Gasteiger partial charge on any atom is -0.462 e. The summed E-state index contributed by atoms with van der Waals surface area (Å²) in [5.74, 6) is -0.365. The van der Waals surface area contributed by atoms with Gasteiger partial charge in [-0.15, -0.1) is 21.5 Å². The summed E-state index contributed by atoms with van der Waals surface area (Å²) < 4.78 is 4.97. The van der Waals surface area contributed by atoms with Gasteiger partial charge in [0.25, 0.3) is 0 Å². The Hall–Kier alpha value is -3.07. The third-order valence-electron chi connectivity index (χ3n) is 3.54. The molecule has 2 heterocycles. The molecule has 0 unspecified atom stereocenters. The molecule has 1 N–H and O–H groups in total. The van der Waals surface area contributed by atoms with Gasteiger partial charge >= 0.3 is 5.97 Å². The summed E-state index contributed by atoms with van der Waals surface area (Å²) in [6, 6.07) is 9.29. The van der Waals surface area contributed by atoms with Crippen molar-refractivity contribution in [3.05, 3.63) is 46.8 Å². The van der Waals surface area contributed by atoms with Gasteiger partial charge in [0.05, 0.1) is 12.2 Å². The fraction of sp³-hybridized carbons (Fsp3) is 0.235. The number of ether oxygens (including phenoxy) is 1. The van der Waals surface area contributed by atoms with Crippen molar-refractivity contribution in [2.24, 2.45) is 0 Å². The number of nitrogens with zero attached hydrogens (tertiary/aromatic N) is 4. The van der Waals surface area contributed by atoms with Crippen LogP contribution in [0, 0.1) is 6.92 Å². The van der Waals surface area contributed by atoms with Gasteiger partial charge in [0, 0.05) is 5.56 Å². The van der Waals surface area contributed by atoms with Crippen LogP contribution < -0.4 is 5.32 Å². The summed E-state index contributed by atoms with van der Waals surface area (Å²) in [5.41, 5.74) is 2.22. The van der Waals surface area contributed by atoms with E-state index in [4.69, 9.17) is 4.74 Å². The number of carbonyl (C=O) groups excluding carboxylic acids is 2. The molecule has 3 aromatic rings. The molecule has 2 aromatic heterocycles. The van der Waals surface area contributed by atoms with Crippen LogP contribution in [0.5, 0.6) is 0 Å². The first-order chi connectivity index (χ1) is 12.6. The molecule has 1 amide bonds. The van der Waals surface area contributed by atoms with Crippen LogP contribution in [0.3, 0.4) is 0 Å². The number of hydrogen-bond donors (Lipinski definition) is 1. The van der Waals surface area contributed by atoms with Gasteiger partial charge < -0.3 is 10.1 Å². The average molecular weight is 371 g/mol. The number of aromatic nitrogens is 4. The molecule has 0 bridgehead atoms. The standard InChI is InChI=1S/C17H17N5O3S/c1-3-25-17(24)13-8-9-26-16(13)18-14(23)10-22-20-15(19-21-22)12-7-5-4-6-11(12)2/h4-9H,3,10H2,1-2H3,(H,18,23). The molecule has 0 spiro atoms. The smallest absolute Gasteiger partial charge is 0.341 e. The second-order valence-electron chi connectivity index (χ2n) is 5.39. The summed E-state index contributed by atoms with van der Waals surface area (Å²) in [6.45, 7) is 3.84. The summed E-state index contributed by atoms with van der Waals surface area (Å²) in [6.07, 6.45) is 0. The number of thiophene rings is 1. The molecule has 8 nitrogen and oxygen atoms in total. The summed E-state index contributed by atoms with van der Waals surface area (Å²) in [7, 11) is 0. The number of rotatable bonds is 6. The maximum absolute atomic E-state index is 12.2. The van der Waals surface area contributed by atoms with Crippen LogP contribution in [0.4, 0.5) is 5.00 Å². The van der Waals surface area contributed by atoms with Gasteiger partial charge in [-0.3, -0.25) is 4.79 Å². The topological polar surface area (TPSA) is 99.0 Å². The predicted molar refractivity (Wildman–Crippen MR) is 96.9 cm³/mol. The molecule has 134 valence electrons. The first-order valence-electron chi connectivity index (χ1n) is 7.96. The van der Waals surface area contributed by atoms with E-state index < -0.39 is 5.97 Å². The van der Waals surface area contributed by atoms with Crippen molar-refractivity contribution in [3.63, 3.8) is 0 Å². The zero-order valence-electron chi connectivity index (χ0n) is 14.3. The summed E-state index contributed by atoms with van der Waals surface area (Å²) in [5, 5.41) is 17.0. The Bertz CT molecular complexity index is 934. The monoisotopic (exact) mass is 371 g/mol. The molecule has 0 aliphatic rings. The van der Waals surface area contributed by atoms with Gasteiger partial charge in [0.15, 0.2) is 0 Å². The highest BCUT2D eigenvalue weighted by molar-refractivity contribution is 7.14. The Balaban J connectivity index is 1.68. The first-order valence-corrected chi connectivity index (χ1v) is 8.84. The van der Waals surface area contributed by atoms with Gasteiger partial charge in [0.2, 0.25) is 11.7 Å². The lowest BCUT2D eigenvalue weighted by molar-refractivity contribution is -0.117. The molecule has 0 saturated carbocycles. The maximum atomic E-state index is 12.2. The van der Waals surface area contributed by atoms with Crippen LogP contribution >= 0.6 is 11.3 Å². The molecule has 0 fully saturated rings. The van der Waals surface area contributed by atoms with Crippen LogP contribution in [0.2, 0.25) is 0 Å². The van der Waals surface area contributed by atoms with Crippen molar-refractivity contribution < 1.29 is 14.3 Å². The molecule has 0 saturated heterocycles.